The van der Waals surface area contributed by atoms with Gasteiger partial charge in [-0.1, -0.05) is 12.1 Å². The number of hydrogen-bond donors (Lipinski definition) is 0. The maximum Gasteiger partial charge on any atom is 0.266 e. The first-order chi connectivity index (χ1) is 10.1. The molecule has 21 heavy (non-hydrogen) atoms. The first kappa shape index (κ1) is 14.5. The fourth-order valence-corrected chi connectivity index (χ4v) is 2.85. The highest BCUT2D eigenvalue weighted by molar-refractivity contribution is 14.1. The van der Waals surface area contributed by atoms with Crippen molar-refractivity contribution in [1.29, 1.82) is 0 Å². The molecule has 3 nitrogen and oxygen atoms in total. The third kappa shape index (κ3) is 2.67. The number of rotatable bonds is 2. The van der Waals surface area contributed by atoms with Crippen LogP contribution in [0.2, 0.25) is 5.28 Å². The van der Waals surface area contributed by atoms with Crippen LogP contribution in [0.15, 0.2) is 47.3 Å². The largest absolute Gasteiger partial charge is 0.268 e. The second kappa shape index (κ2) is 5.73. The van der Waals surface area contributed by atoms with E-state index in [2.05, 4.69) is 27.6 Å². The van der Waals surface area contributed by atoms with Crippen LogP contribution in [-0.4, -0.2) is 9.55 Å². The van der Waals surface area contributed by atoms with Crippen LogP contribution < -0.4 is 5.56 Å². The predicted molar refractivity (Wildman–Crippen MR) is 89.9 cm³/mol. The van der Waals surface area contributed by atoms with E-state index in [0.29, 0.717) is 22.2 Å². The van der Waals surface area contributed by atoms with Crippen molar-refractivity contribution in [2.24, 2.45) is 0 Å². The number of aromatic nitrogens is 2. The second-order valence-electron chi connectivity index (χ2n) is 4.48. The van der Waals surface area contributed by atoms with Gasteiger partial charge in [-0.05, 0) is 70.1 Å². The average Bonchev–Trinajstić information content (AvgIpc) is 2.49. The van der Waals surface area contributed by atoms with Crippen LogP contribution in [0.4, 0.5) is 4.39 Å². The van der Waals surface area contributed by atoms with Gasteiger partial charge in [-0.3, -0.25) is 9.36 Å². The monoisotopic (exact) mass is 414 g/mol. The molecule has 6 heteroatoms. The van der Waals surface area contributed by atoms with E-state index in [9.17, 15) is 9.18 Å². The molecule has 3 aromatic rings. The van der Waals surface area contributed by atoms with E-state index < -0.39 is 6.67 Å². The smallest absolute Gasteiger partial charge is 0.266 e. The lowest BCUT2D eigenvalue weighted by molar-refractivity contribution is 0.485. The number of hydrogen-bond acceptors (Lipinski definition) is 2. The summed E-state index contributed by atoms with van der Waals surface area (Å²) in [6.07, 6.45) is 0. The zero-order chi connectivity index (χ0) is 15.0. The summed E-state index contributed by atoms with van der Waals surface area (Å²) in [6, 6.07) is 12.0. The quantitative estimate of drug-likeness (QED) is 0.467. The van der Waals surface area contributed by atoms with Crippen LogP contribution in [0, 0.1) is 3.57 Å². The SMILES string of the molecule is O=c1c2cc(I)ccc2nc(Cl)n1-c1ccc(CF)cc1. The van der Waals surface area contributed by atoms with Crippen molar-refractivity contribution in [2.45, 2.75) is 6.67 Å². The molecule has 0 radical (unpaired) electrons. The fourth-order valence-electron chi connectivity index (χ4n) is 2.09. The normalized spacial score (nSPS) is 11.0. The Hall–Kier alpha value is -1.47. The van der Waals surface area contributed by atoms with Gasteiger partial charge in [-0.15, -0.1) is 0 Å². The summed E-state index contributed by atoms with van der Waals surface area (Å²) in [5, 5.41) is 0.586. The standard InChI is InChI=1S/C15H9ClFIN2O/c16-15-19-13-6-3-10(18)7-12(13)14(21)20(15)11-4-1-9(8-17)2-5-11/h1-7H,8H2. The molecule has 0 aliphatic heterocycles. The average molecular weight is 415 g/mol. The number of nitrogens with zero attached hydrogens (tertiary/aromatic N) is 2. The minimum atomic E-state index is -0.545. The highest BCUT2D eigenvalue weighted by atomic mass is 127. The molecule has 0 N–H and O–H groups in total. The van der Waals surface area contributed by atoms with Crippen molar-refractivity contribution in [2.75, 3.05) is 0 Å². The van der Waals surface area contributed by atoms with Crippen LogP contribution in [0.5, 0.6) is 0 Å². The van der Waals surface area contributed by atoms with Crippen LogP contribution in [-0.2, 0) is 6.67 Å². The molecule has 0 amide bonds. The van der Waals surface area contributed by atoms with Crippen molar-refractivity contribution >= 4 is 45.1 Å². The van der Waals surface area contributed by atoms with Crippen molar-refractivity contribution in [3.63, 3.8) is 0 Å². The molecule has 1 aromatic heterocycles. The van der Waals surface area contributed by atoms with E-state index in [1.807, 2.05) is 6.07 Å². The summed E-state index contributed by atoms with van der Waals surface area (Å²) in [4.78, 5) is 16.9. The number of halogens is 3. The molecule has 0 bridgehead atoms. The van der Waals surface area contributed by atoms with Crippen LogP contribution in [0.1, 0.15) is 5.56 Å². The van der Waals surface area contributed by atoms with Gasteiger partial charge in [0.2, 0.25) is 5.28 Å². The van der Waals surface area contributed by atoms with Crippen molar-refractivity contribution in [1.82, 2.24) is 9.55 Å². The minimum Gasteiger partial charge on any atom is -0.268 e. The second-order valence-corrected chi connectivity index (χ2v) is 6.07. The van der Waals surface area contributed by atoms with Crippen LogP contribution in [0.25, 0.3) is 16.6 Å². The van der Waals surface area contributed by atoms with E-state index in [-0.39, 0.29) is 10.8 Å². The highest BCUT2D eigenvalue weighted by Gasteiger charge is 2.11. The summed E-state index contributed by atoms with van der Waals surface area (Å²) in [5.41, 5.74) is 1.43. The molecule has 0 spiro atoms. The topological polar surface area (TPSA) is 34.9 Å². The number of fused-ring (bicyclic) bond motifs is 1. The van der Waals surface area contributed by atoms with Gasteiger partial charge in [0.1, 0.15) is 6.67 Å². The van der Waals surface area contributed by atoms with Crippen molar-refractivity contribution in [3.8, 4) is 5.69 Å². The highest BCUT2D eigenvalue weighted by Crippen LogP contribution is 2.18. The molecular formula is C15H9ClFIN2O. The first-order valence-corrected chi connectivity index (χ1v) is 7.59. The lowest BCUT2D eigenvalue weighted by atomic mass is 10.2. The third-order valence-electron chi connectivity index (χ3n) is 3.14. The van der Waals surface area contributed by atoms with Gasteiger partial charge in [0, 0.05) is 3.57 Å². The minimum absolute atomic E-state index is 0.0849. The molecule has 0 fully saturated rings. The molecular weight excluding hydrogens is 406 g/mol. The van der Waals surface area contributed by atoms with Crippen molar-refractivity contribution in [3.05, 3.63) is 67.2 Å². The predicted octanol–water partition coefficient (Wildman–Crippen LogP) is 4.11. The molecule has 2 aromatic carbocycles. The fraction of sp³-hybridized carbons (Fsp3) is 0.0667. The Morgan fingerprint density at radius 3 is 2.57 bits per heavy atom. The maximum atomic E-state index is 12.6. The molecule has 0 aliphatic rings. The van der Waals surface area contributed by atoms with Gasteiger partial charge in [0.25, 0.3) is 5.56 Å². The van der Waals surface area contributed by atoms with E-state index in [4.69, 9.17) is 11.6 Å². The van der Waals surface area contributed by atoms with E-state index >= 15 is 0 Å². The zero-order valence-electron chi connectivity index (χ0n) is 10.7. The maximum absolute atomic E-state index is 12.6. The van der Waals surface area contributed by atoms with Gasteiger partial charge in [-0.2, -0.15) is 0 Å². The molecule has 0 aliphatic carbocycles. The summed E-state index contributed by atoms with van der Waals surface area (Å²) < 4.78 is 14.8. The molecule has 106 valence electrons. The lowest BCUT2D eigenvalue weighted by Gasteiger charge is -2.10. The van der Waals surface area contributed by atoms with Gasteiger partial charge < -0.3 is 0 Å². The zero-order valence-corrected chi connectivity index (χ0v) is 13.6. The number of benzene rings is 2. The molecule has 0 unspecified atom stereocenters. The summed E-state index contributed by atoms with van der Waals surface area (Å²) in [6.45, 7) is -0.545. The summed E-state index contributed by atoms with van der Waals surface area (Å²) in [5.74, 6) is 0. The number of alkyl halides is 1. The molecule has 0 saturated carbocycles. The van der Waals surface area contributed by atoms with Crippen LogP contribution in [0.3, 0.4) is 0 Å². The van der Waals surface area contributed by atoms with Crippen LogP contribution >= 0.6 is 34.2 Å². The Kier molecular flexibility index (Phi) is 3.95. The lowest BCUT2D eigenvalue weighted by Crippen LogP contribution is -2.20. The van der Waals surface area contributed by atoms with Gasteiger partial charge >= 0.3 is 0 Å². The Morgan fingerprint density at radius 2 is 1.90 bits per heavy atom. The molecule has 1 heterocycles. The molecule has 0 saturated heterocycles. The van der Waals surface area contributed by atoms with Gasteiger partial charge in [-0.25, -0.2) is 9.37 Å². The third-order valence-corrected chi connectivity index (χ3v) is 4.06. The first-order valence-electron chi connectivity index (χ1n) is 6.13. The van der Waals surface area contributed by atoms with E-state index in [1.54, 1.807) is 36.4 Å². The summed E-state index contributed by atoms with van der Waals surface area (Å²) >= 11 is 8.27. The van der Waals surface area contributed by atoms with Gasteiger partial charge in [0.15, 0.2) is 0 Å². The molecule has 3 rings (SSSR count). The van der Waals surface area contributed by atoms with E-state index in [1.165, 1.54) is 4.57 Å². The Morgan fingerprint density at radius 1 is 1.19 bits per heavy atom. The van der Waals surface area contributed by atoms with Gasteiger partial charge in [0.05, 0.1) is 16.6 Å². The summed E-state index contributed by atoms with van der Waals surface area (Å²) in [7, 11) is 0. The Labute approximate surface area is 138 Å². The van der Waals surface area contributed by atoms with E-state index in [0.717, 1.165) is 3.57 Å². The molecule has 0 atom stereocenters. The van der Waals surface area contributed by atoms with Crippen molar-refractivity contribution < 1.29 is 4.39 Å². The Bertz CT molecular complexity index is 877. The Balaban J connectivity index is 2.28.